The van der Waals surface area contributed by atoms with E-state index in [-0.39, 0.29) is 5.91 Å². The third-order valence-corrected chi connectivity index (χ3v) is 2.69. The Morgan fingerprint density at radius 3 is 3.21 bits per heavy atom. The summed E-state index contributed by atoms with van der Waals surface area (Å²) in [5, 5.41) is 6.45. The van der Waals surface area contributed by atoms with Crippen LogP contribution in [0.25, 0.3) is 0 Å². The second kappa shape index (κ2) is 3.82. The van der Waals surface area contributed by atoms with Gasteiger partial charge in [0, 0.05) is 19.3 Å². The predicted octanol–water partition coefficient (Wildman–Crippen LogP) is 1.28. The molecule has 0 spiro atoms. The molecule has 4 nitrogen and oxygen atoms in total. The molecule has 1 saturated heterocycles. The summed E-state index contributed by atoms with van der Waals surface area (Å²) in [7, 11) is 0. The first-order valence-corrected chi connectivity index (χ1v) is 5.05. The number of hydrogen-bond acceptors (Lipinski definition) is 2. The molecule has 1 aromatic rings. The van der Waals surface area contributed by atoms with Crippen LogP contribution in [0.4, 0.5) is 0 Å². The lowest BCUT2D eigenvalue weighted by molar-refractivity contribution is 0.0683. The Bertz CT molecular complexity index is 307. The van der Waals surface area contributed by atoms with E-state index in [4.69, 9.17) is 0 Å². The zero-order valence-electron chi connectivity index (χ0n) is 8.36. The molecule has 0 aliphatic carbocycles. The van der Waals surface area contributed by atoms with E-state index in [1.165, 1.54) is 6.42 Å². The number of likely N-dealkylation sites (tertiary alicyclic amines) is 1. The molecule has 1 aliphatic heterocycles. The summed E-state index contributed by atoms with van der Waals surface area (Å²) in [6, 6.07) is 0. The van der Waals surface area contributed by atoms with Gasteiger partial charge in [-0.05, 0) is 18.8 Å². The number of piperidine rings is 1. The monoisotopic (exact) mass is 193 g/mol. The number of nitrogens with zero attached hydrogens (tertiary/aromatic N) is 2. The van der Waals surface area contributed by atoms with E-state index in [0.717, 1.165) is 19.5 Å². The number of carbonyl (C=O) groups excluding carboxylic acids is 1. The van der Waals surface area contributed by atoms with Gasteiger partial charge in [-0.3, -0.25) is 9.89 Å². The standard InChI is InChI=1S/C10H15N3O/c1-8-3-2-4-13(7-8)10(14)9-5-11-12-6-9/h5-6,8H,2-4,7H2,1H3,(H,11,12)/t8-/m0/s1. The minimum Gasteiger partial charge on any atom is -0.338 e. The lowest BCUT2D eigenvalue weighted by Gasteiger charge is -2.30. The van der Waals surface area contributed by atoms with Crippen LogP contribution in [0.3, 0.4) is 0 Å². The minimum atomic E-state index is 0.102. The Kier molecular flexibility index (Phi) is 2.52. The summed E-state index contributed by atoms with van der Waals surface area (Å²) >= 11 is 0. The van der Waals surface area contributed by atoms with Crippen LogP contribution in [0.15, 0.2) is 12.4 Å². The molecular formula is C10H15N3O. The van der Waals surface area contributed by atoms with Gasteiger partial charge in [0.05, 0.1) is 11.8 Å². The Morgan fingerprint density at radius 2 is 2.57 bits per heavy atom. The molecule has 76 valence electrons. The van der Waals surface area contributed by atoms with Gasteiger partial charge in [-0.25, -0.2) is 0 Å². The van der Waals surface area contributed by atoms with Crippen molar-refractivity contribution in [1.82, 2.24) is 15.1 Å². The highest BCUT2D eigenvalue weighted by atomic mass is 16.2. The number of rotatable bonds is 1. The van der Waals surface area contributed by atoms with E-state index in [2.05, 4.69) is 17.1 Å². The van der Waals surface area contributed by atoms with Crippen molar-refractivity contribution in [3.63, 3.8) is 0 Å². The summed E-state index contributed by atoms with van der Waals surface area (Å²) in [5.74, 6) is 0.727. The SMILES string of the molecule is C[C@H]1CCCN(C(=O)c2cn[nH]c2)C1. The van der Waals surface area contributed by atoms with Crippen LogP contribution in [0.2, 0.25) is 0 Å². The average molecular weight is 193 g/mol. The molecular weight excluding hydrogens is 178 g/mol. The predicted molar refractivity (Wildman–Crippen MR) is 52.9 cm³/mol. The molecule has 1 amide bonds. The normalized spacial score (nSPS) is 22.4. The van der Waals surface area contributed by atoms with E-state index < -0.39 is 0 Å². The third kappa shape index (κ3) is 1.78. The van der Waals surface area contributed by atoms with Crippen molar-refractivity contribution in [3.8, 4) is 0 Å². The van der Waals surface area contributed by atoms with Gasteiger partial charge < -0.3 is 4.90 Å². The molecule has 0 bridgehead atoms. The van der Waals surface area contributed by atoms with E-state index in [1.54, 1.807) is 12.4 Å². The Hall–Kier alpha value is -1.32. The van der Waals surface area contributed by atoms with Crippen molar-refractivity contribution in [2.24, 2.45) is 5.92 Å². The zero-order chi connectivity index (χ0) is 9.97. The third-order valence-electron chi connectivity index (χ3n) is 2.69. The van der Waals surface area contributed by atoms with Crippen molar-refractivity contribution in [2.45, 2.75) is 19.8 Å². The lowest BCUT2D eigenvalue weighted by Crippen LogP contribution is -2.38. The Balaban J connectivity index is 2.04. The molecule has 0 radical (unpaired) electrons. The van der Waals surface area contributed by atoms with Gasteiger partial charge in [0.25, 0.3) is 5.91 Å². The van der Waals surface area contributed by atoms with Crippen LogP contribution in [-0.2, 0) is 0 Å². The number of amides is 1. The summed E-state index contributed by atoms with van der Waals surface area (Å²) in [5.41, 5.74) is 0.666. The van der Waals surface area contributed by atoms with Crippen LogP contribution >= 0.6 is 0 Å². The minimum absolute atomic E-state index is 0.102. The molecule has 2 heterocycles. The van der Waals surface area contributed by atoms with E-state index >= 15 is 0 Å². The van der Waals surface area contributed by atoms with Crippen LogP contribution < -0.4 is 0 Å². The van der Waals surface area contributed by atoms with Crippen LogP contribution in [-0.4, -0.2) is 34.1 Å². The van der Waals surface area contributed by atoms with Gasteiger partial charge in [0.2, 0.25) is 0 Å². The van der Waals surface area contributed by atoms with Gasteiger partial charge in [-0.15, -0.1) is 0 Å². The van der Waals surface area contributed by atoms with Crippen LogP contribution in [0, 0.1) is 5.92 Å². The largest absolute Gasteiger partial charge is 0.338 e. The smallest absolute Gasteiger partial charge is 0.257 e. The number of nitrogens with one attached hydrogen (secondary N) is 1. The quantitative estimate of drug-likeness (QED) is 0.730. The number of carbonyl (C=O) groups is 1. The summed E-state index contributed by atoms with van der Waals surface area (Å²) in [6.07, 6.45) is 5.59. The molecule has 1 fully saturated rings. The number of H-pyrrole nitrogens is 1. The van der Waals surface area contributed by atoms with Crippen LogP contribution in [0.1, 0.15) is 30.1 Å². The highest BCUT2D eigenvalue weighted by molar-refractivity contribution is 5.93. The molecule has 1 N–H and O–H groups in total. The maximum Gasteiger partial charge on any atom is 0.257 e. The molecule has 1 atom stereocenters. The maximum atomic E-state index is 11.9. The first kappa shape index (κ1) is 9.24. The van der Waals surface area contributed by atoms with Gasteiger partial charge >= 0.3 is 0 Å². The van der Waals surface area contributed by atoms with Gasteiger partial charge in [-0.1, -0.05) is 6.92 Å². The van der Waals surface area contributed by atoms with E-state index in [1.807, 2.05) is 4.90 Å². The molecule has 0 aromatic carbocycles. The fraction of sp³-hybridized carbons (Fsp3) is 0.600. The number of hydrogen-bond donors (Lipinski definition) is 1. The fourth-order valence-electron chi connectivity index (χ4n) is 1.92. The highest BCUT2D eigenvalue weighted by Crippen LogP contribution is 2.17. The molecule has 4 heteroatoms. The summed E-state index contributed by atoms with van der Waals surface area (Å²) in [6.45, 7) is 3.95. The lowest BCUT2D eigenvalue weighted by atomic mass is 10.00. The summed E-state index contributed by atoms with van der Waals surface area (Å²) < 4.78 is 0. The molecule has 2 rings (SSSR count). The zero-order valence-corrected chi connectivity index (χ0v) is 8.36. The van der Waals surface area contributed by atoms with Gasteiger partial charge in [-0.2, -0.15) is 5.10 Å². The maximum absolute atomic E-state index is 11.9. The first-order valence-electron chi connectivity index (χ1n) is 5.05. The van der Waals surface area contributed by atoms with E-state index in [0.29, 0.717) is 11.5 Å². The molecule has 1 aliphatic rings. The fourth-order valence-corrected chi connectivity index (χ4v) is 1.92. The van der Waals surface area contributed by atoms with Crippen molar-refractivity contribution in [1.29, 1.82) is 0 Å². The van der Waals surface area contributed by atoms with Crippen LogP contribution in [0.5, 0.6) is 0 Å². The summed E-state index contributed by atoms with van der Waals surface area (Å²) in [4.78, 5) is 13.8. The van der Waals surface area contributed by atoms with E-state index in [9.17, 15) is 4.79 Å². The molecule has 0 unspecified atom stereocenters. The number of aromatic nitrogens is 2. The van der Waals surface area contributed by atoms with Gasteiger partial charge in [0.15, 0.2) is 0 Å². The van der Waals surface area contributed by atoms with Crippen molar-refractivity contribution < 1.29 is 4.79 Å². The second-order valence-corrected chi connectivity index (χ2v) is 3.99. The highest BCUT2D eigenvalue weighted by Gasteiger charge is 2.22. The molecule has 0 saturated carbocycles. The van der Waals surface area contributed by atoms with Crippen molar-refractivity contribution in [3.05, 3.63) is 18.0 Å². The van der Waals surface area contributed by atoms with Crippen molar-refractivity contribution in [2.75, 3.05) is 13.1 Å². The first-order chi connectivity index (χ1) is 6.77. The Morgan fingerprint density at radius 1 is 1.71 bits per heavy atom. The molecule has 14 heavy (non-hydrogen) atoms. The van der Waals surface area contributed by atoms with Crippen molar-refractivity contribution >= 4 is 5.91 Å². The Labute approximate surface area is 83.3 Å². The van der Waals surface area contributed by atoms with Gasteiger partial charge in [0.1, 0.15) is 0 Å². The average Bonchev–Trinajstić information content (AvgIpc) is 2.69. The topological polar surface area (TPSA) is 49.0 Å². The second-order valence-electron chi connectivity index (χ2n) is 3.99. The molecule has 1 aromatic heterocycles. The number of aromatic amines is 1.